The summed E-state index contributed by atoms with van der Waals surface area (Å²) in [6, 6.07) is 3.45. The number of benzene rings is 1. The Hall–Kier alpha value is -1.50. The number of phenols is 2. The van der Waals surface area contributed by atoms with E-state index in [0.29, 0.717) is 18.4 Å². The minimum absolute atomic E-state index is 0. The molecule has 6 nitrogen and oxygen atoms in total. The third kappa shape index (κ3) is 6.10. The van der Waals surface area contributed by atoms with Gasteiger partial charge in [0.1, 0.15) is 6.04 Å². The third-order valence-electron chi connectivity index (χ3n) is 2.59. The predicted octanol–water partition coefficient (Wildman–Crippen LogP) is 0.705. The standard InChI is InChI=1S/C13H19NO5.ClH/c14-10(13(18)19-6-2-1-5-15)7-9-3-4-11(16)12(17)8-9;/h3-4,8,10,15-17H,1-2,5-7,14H2;1H. The summed E-state index contributed by atoms with van der Waals surface area (Å²) in [4.78, 5) is 11.5. The zero-order valence-corrected chi connectivity index (χ0v) is 11.8. The zero-order chi connectivity index (χ0) is 14.3. The van der Waals surface area contributed by atoms with Crippen molar-refractivity contribution in [2.45, 2.75) is 25.3 Å². The minimum atomic E-state index is -0.821. The van der Waals surface area contributed by atoms with Crippen LogP contribution in [0, 0.1) is 0 Å². The van der Waals surface area contributed by atoms with E-state index in [1.165, 1.54) is 12.1 Å². The van der Waals surface area contributed by atoms with Gasteiger partial charge in [-0.05, 0) is 37.0 Å². The molecule has 0 aliphatic carbocycles. The Kier molecular flexibility index (Phi) is 8.71. The Morgan fingerprint density at radius 3 is 2.55 bits per heavy atom. The molecule has 0 aliphatic heterocycles. The van der Waals surface area contributed by atoms with Gasteiger partial charge < -0.3 is 25.8 Å². The second-order valence-corrected chi connectivity index (χ2v) is 4.23. The van der Waals surface area contributed by atoms with Crippen LogP contribution in [-0.2, 0) is 16.0 Å². The molecule has 0 spiro atoms. The van der Waals surface area contributed by atoms with Crippen molar-refractivity contribution in [2.75, 3.05) is 13.2 Å². The first-order chi connectivity index (χ1) is 9.04. The molecule has 1 aromatic carbocycles. The molecular formula is C13H20ClNO5. The Morgan fingerprint density at radius 2 is 1.95 bits per heavy atom. The van der Waals surface area contributed by atoms with Crippen molar-refractivity contribution < 1.29 is 24.9 Å². The van der Waals surface area contributed by atoms with E-state index in [1.54, 1.807) is 6.07 Å². The zero-order valence-electron chi connectivity index (χ0n) is 11.0. The molecule has 0 fully saturated rings. The molecule has 0 saturated heterocycles. The van der Waals surface area contributed by atoms with Gasteiger partial charge in [-0.2, -0.15) is 0 Å². The fourth-order valence-electron chi connectivity index (χ4n) is 1.53. The number of carbonyl (C=O) groups excluding carboxylic acids is 1. The topological polar surface area (TPSA) is 113 Å². The molecule has 0 aromatic heterocycles. The number of aliphatic hydroxyl groups excluding tert-OH is 1. The highest BCUT2D eigenvalue weighted by molar-refractivity contribution is 5.85. The fraction of sp³-hybridized carbons (Fsp3) is 0.462. The van der Waals surface area contributed by atoms with Gasteiger partial charge in [0, 0.05) is 6.61 Å². The highest BCUT2D eigenvalue weighted by Crippen LogP contribution is 2.25. The van der Waals surface area contributed by atoms with Gasteiger partial charge in [-0.15, -0.1) is 12.4 Å². The number of ether oxygens (including phenoxy) is 1. The lowest BCUT2D eigenvalue weighted by molar-refractivity contribution is -0.145. The van der Waals surface area contributed by atoms with E-state index >= 15 is 0 Å². The van der Waals surface area contributed by atoms with Crippen molar-refractivity contribution in [3.63, 3.8) is 0 Å². The van der Waals surface area contributed by atoms with E-state index in [4.69, 9.17) is 20.7 Å². The van der Waals surface area contributed by atoms with Crippen LogP contribution in [0.5, 0.6) is 11.5 Å². The highest BCUT2D eigenvalue weighted by Gasteiger charge is 2.16. The van der Waals surface area contributed by atoms with Crippen LogP contribution < -0.4 is 5.73 Å². The summed E-state index contributed by atoms with van der Waals surface area (Å²) in [5.74, 6) is -0.990. The highest BCUT2D eigenvalue weighted by atomic mass is 35.5. The van der Waals surface area contributed by atoms with E-state index < -0.39 is 12.0 Å². The first-order valence-electron chi connectivity index (χ1n) is 6.08. The minimum Gasteiger partial charge on any atom is -0.504 e. The average Bonchev–Trinajstić information content (AvgIpc) is 2.38. The number of esters is 1. The lowest BCUT2D eigenvalue weighted by Crippen LogP contribution is -2.34. The van der Waals surface area contributed by atoms with Gasteiger partial charge in [0.2, 0.25) is 0 Å². The van der Waals surface area contributed by atoms with Gasteiger partial charge >= 0.3 is 5.97 Å². The number of hydrogen-bond acceptors (Lipinski definition) is 6. The molecule has 1 atom stereocenters. The van der Waals surface area contributed by atoms with Crippen LogP contribution in [0.15, 0.2) is 18.2 Å². The van der Waals surface area contributed by atoms with Crippen LogP contribution in [0.2, 0.25) is 0 Å². The monoisotopic (exact) mass is 305 g/mol. The van der Waals surface area contributed by atoms with Crippen molar-refractivity contribution >= 4 is 18.4 Å². The quantitative estimate of drug-likeness (QED) is 0.335. The number of aliphatic hydroxyl groups is 1. The molecule has 1 rings (SSSR count). The van der Waals surface area contributed by atoms with Crippen molar-refractivity contribution in [2.24, 2.45) is 5.73 Å². The molecular weight excluding hydrogens is 286 g/mol. The summed E-state index contributed by atoms with van der Waals surface area (Å²) in [6.07, 6.45) is 1.38. The van der Waals surface area contributed by atoms with E-state index in [9.17, 15) is 9.90 Å². The summed E-state index contributed by atoms with van der Waals surface area (Å²) in [5.41, 5.74) is 6.32. The third-order valence-corrected chi connectivity index (χ3v) is 2.59. The molecule has 0 saturated carbocycles. The van der Waals surface area contributed by atoms with E-state index in [0.717, 1.165) is 0 Å². The Morgan fingerprint density at radius 1 is 1.25 bits per heavy atom. The van der Waals surface area contributed by atoms with E-state index in [1.807, 2.05) is 0 Å². The van der Waals surface area contributed by atoms with Crippen LogP contribution in [0.25, 0.3) is 0 Å². The molecule has 0 bridgehead atoms. The summed E-state index contributed by atoms with van der Waals surface area (Å²) < 4.78 is 4.95. The molecule has 7 heteroatoms. The molecule has 114 valence electrons. The number of hydrogen-bond donors (Lipinski definition) is 4. The second kappa shape index (κ2) is 9.41. The lowest BCUT2D eigenvalue weighted by Gasteiger charge is -2.12. The van der Waals surface area contributed by atoms with E-state index in [2.05, 4.69) is 0 Å². The summed E-state index contributed by atoms with van der Waals surface area (Å²) in [5, 5.41) is 27.1. The van der Waals surface area contributed by atoms with Gasteiger partial charge in [-0.25, -0.2) is 0 Å². The maximum Gasteiger partial charge on any atom is 0.323 e. The SMILES string of the molecule is Cl.NC(Cc1ccc(O)c(O)c1)C(=O)OCCCCO. The number of halogens is 1. The van der Waals surface area contributed by atoms with Gasteiger partial charge in [0.25, 0.3) is 0 Å². The van der Waals surface area contributed by atoms with Crippen LogP contribution >= 0.6 is 12.4 Å². The van der Waals surface area contributed by atoms with Crippen LogP contribution in [-0.4, -0.2) is 40.5 Å². The number of nitrogens with two attached hydrogens (primary N) is 1. The van der Waals surface area contributed by atoms with Crippen LogP contribution in [0.4, 0.5) is 0 Å². The van der Waals surface area contributed by atoms with Gasteiger partial charge in [-0.3, -0.25) is 4.79 Å². The Labute approximate surface area is 123 Å². The molecule has 1 aromatic rings. The smallest absolute Gasteiger partial charge is 0.323 e. The number of unbranched alkanes of at least 4 members (excludes halogenated alkanes) is 1. The van der Waals surface area contributed by atoms with Crippen molar-refractivity contribution in [3.05, 3.63) is 23.8 Å². The van der Waals surface area contributed by atoms with Crippen molar-refractivity contribution in [1.82, 2.24) is 0 Å². The summed E-state index contributed by atoms with van der Waals surface area (Å²) in [6.45, 7) is 0.296. The molecule has 0 heterocycles. The number of phenolic OH excluding ortho intramolecular Hbond substituents is 2. The largest absolute Gasteiger partial charge is 0.504 e. The van der Waals surface area contributed by atoms with Crippen molar-refractivity contribution in [1.29, 1.82) is 0 Å². The van der Waals surface area contributed by atoms with Gasteiger partial charge in [-0.1, -0.05) is 6.07 Å². The molecule has 0 radical (unpaired) electrons. The van der Waals surface area contributed by atoms with Crippen LogP contribution in [0.3, 0.4) is 0 Å². The number of rotatable bonds is 7. The summed E-state index contributed by atoms with van der Waals surface area (Å²) in [7, 11) is 0. The number of carbonyl (C=O) groups is 1. The maximum absolute atomic E-state index is 11.5. The Bertz CT molecular complexity index is 427. The van der Waals surface area contributed by atoms with Gasteiger partial charge in [0.05, 0.1) is 6.61 Å². The van der Waals surface area contributed by atoms with Gasteiger partial charge in [0.15, 0.2) is 11.5 Å². The second-order valence-electron chi connectivity index (χ2n) is 4.23. The predicted molar refractivity (Wildman–Crippen MR) is 76.0 cm³/mol. The normalized spacial score (nSPS) is 11.5. The summed E-state index contributed by atoms with van der Waals surface area (Å²) >= 11 is 0. The molecule has 0 amide bonds. The molecule has 20 heavy (non-hydrogen) atoms. The average molecular weight is 306 g/mol. The molecule has 5 N–H and O–H groups in total. The lowest BCUT2D eigenvalue weighted by atomic mass is 10.1. The van der Waals surface area contributed by atoms with Crippen molar-refractivity contribution in [3.8, 4) is 11.5 Å². The fourth-order valence-corrected chi connectivity index (χ4v) is 1.53. The van der Waals surface area contributed by atoms with E-state index in [-0.39, 0.29) is 43.5 Å². The molecule has 0 aliphatic rings. The van der Waals surface area contributed by atoms with Crippen LogP contribution in [0.1, 0.15) is 18.4 Å². The maximum atomic E-state index is 11.5. The molecule has 1 unspecified atom stereocenters. The first kappa shape index (κ1) is 18.5. The first-order valence-corrected chi connectivity index (χ1v) is 6.08. The Balaban J connectivity index is 0.00000361. The number of aromatic hydroxyl groups is 2.